The summed E-state index contributed by atoms with van der Waals surface area (Å²) in [7, 11) is 0. The van der Waals surface area contributed by atoms with Gasteiger partial charge in [0.05, 0.1) is 0 Å². The molecule has 0 aliphatic heterocycles. The highest BCUT2D eigenvalue weighted by Crippen LogP contribution is 2.21. The number of nitrogens with two attached hydrogens (primary N) is 1. The Morgan fingerprint density at radius 1 is 0.643 bits per heavy atom. The van der Waals surface area contributed by atoms with Crippen LogP contribution in [0.2, 0.25) is 0 Å². The molecule has 0 aromatic carbocycles. The van der Waals surface area contributed by atoms with Crippen molar-refractivity contribution in [1.82, 2.24) is 0 Å². The van der Waals surface area contributed by atoms with Gasteiger partial charge in [-0.05, 0) is 25.3 Å². The van der Waals surface area contributed by atoms with Crippen LogP contribution in [0.25, 0.3) is 0 Å². The number of hydrogen-bond donors (Lipinski definition) is 1. The van der Waals surface area contributed by atoms with Gasteiger partial charge in [-0.3, -0.25) is 0 Å². The van der Waals surface area contributed by atoms with Crippen LogP contribution in [0.1, 0.15) is 70.6 Å². The van der Waals surface area contributed by atoms with Gasteiger partial charge in [0.15, 0.2) is 0 Å². The molecule has 0 aromatic rings. The highest BCUT2D eigenvalue weighted by atomic mass is 14.5. The van der Waals surface area contributed by atoms with Gasteiger partial charge in [-0.25, -0.2) is 0 Å². The molecule has 0 radical (unpaired) electrons. The van der Waals surface area contributed by atoms with Crippen LogP contribution in [0, 0.1) is 5.92 Å². The van der Waals surface area contributed by atoms with Crippen LogP contribution in [-0.2, 0) is 0 Å². The molecule has 0 spiro atoms. The van der Waals surface area contributed by atoms with Crippen LogP contribution < -0.4 is 5.73 Å². The average molecular weight is 197 g/mol. The van der Waals surface area contributed by atoms with Crippen molar-refractivity contribution < 1.29 is 0 Å². The summed E-state index contributed by atoms with van der Waals surface area (Å²) in [5.74, 6) is 0.865. The largest absolute Gasteiger partial charge is 0.330 e. The molecule has 0 heterocycles. The van der Waals surface area contributed by atoms with E-state index in [0.717, 1.165) is 12.5 Å². The van der Waals surface area contributed by atoms with E-state index in [9.17, 15) is 0 Å². The van der Waals surface area contributed by atoms with Crippen molar-refractivity contribution in [3.63, 3.8) is 0 Å². The maximum atomic E-state index is 5.50. The molecule has 2 aliphatic rings. The third-order valence-electron chi connectivity index (χ3n) is 3.56. The molecule has 2 fully saturated rings. The molecule has 2 saturated carbocycles. The predicted molar refractivity (Wildman–Crippen MR) is 63.3 cm³/mol. The molecular weight excluding hydrogens is 170 g/mol. The van der Waals surface area contributed by atoms with Gasteiger partial charge in [0, 0.05) is 0 Å². The van der Waals surface area contributed by atoms with Gasteiger partial charge in [0.25, 0.3) is 0 Å². The number of hydrogen-bond acceptors (Lipinski definition) is 1. The van der Waals surface area contributed by atoms with Gasteiger partial charge >= 0.3 is 0 Å². The first-order valence-corrected chi connectivity index (χ1v) is 6.63. The molecule has 2 N–H and O–H groups in total. The predicted octanol–water partition coefficient (Wildman–Crippen LogP) is 3.87. The Bertz CT molecular complexity index is 101. The van der Waals surface area contributed by atoms with E-state index in [1.165, 1.54) is 70.6 Å². The summed E-state index contributed by atoms with van der Waals surface area (Å²) in [5, 5.41) is 0. The fourth-order valence-corrected chi connectivity index (χ4v) is 2.48. The molecule has 2 rings (SSSR count). The van der Waals surface area contributed by atoms with E-state index >= 15 is 0 Å². The zero-order chi connectivity index (χ0) is 10.1. The molecule has 84 valence electrons. The van der Waals surface area contributed by atoms with E-state index in [1.807, 2.05) is 0 Å². The lowest BCUT2D eigenvalue weighted by Gasteiger charge is -2.18. The van der Waals surface area contributed by atoms with Crippen molar-refractivity contribution >= 4 is 0 Å². The van der Waals surface area contributed by atoms with Crippen molar-refractivity contribution in [2.45, 2.75) is 70.6 Å². The third kappa shape index (κ3) is 5.64. The lowest BCUT2D eigenvalue weighted by atomic mass is 9.90. The number of rotatable bonds is 1. The quantitative estimate of drug-likeness (QED) is 0.678. The minimum atomic E-state index is 0.865. The van der Waals surface area contributed by atoms with Crippen LogP contribution in [-0.4, -0.2) is 6.54 Å². The first-order valence-electron chi connectivity index (χ1n) is 6.63. The average Bonchev–Trinajstić information content (AvgIpc) is 2.33. The normalized spacial score (nSPS) is 23.8. The zero-order valence-corrected chi connectivity index (χ0v) is 9.64. The van der Waals surface area contributed by atoms with Gasteiger partial charge in [0.1, 0.15) is 0 Å². The minimum Gasteiger partial charge on any atom is -0.330 e. The van der Waals surface area contributed by atoms with Crippen LogP contribution in [0.3, 0.4) is 0 Å². The standard InChI is InChI=1S/C7H15N.C6H12/c8-6-7-4-2-1-3-5-7;1-2-4-6-5-3-1/h7H,1-6,8H2;1-6H2. The van der Waals surface area contributed by atoms with Crippen LogP contribution in [0.4, 0.5) is 0 Å². The molecule has 0 unspecified atom stereocenters. The lowest BCUT2D eigenvalue weighted by molar-refractivity contribution is 0.366. The smallest absolute Gasteiger partial charge is 0.00489 e. The van der Waals surface area contributed by atoms with E-state index in [0.29, 0.717) is 0 Å². The van der Waals surface area contributed by atoms with Crippen LogP contribution >= 0.6 is 0 Å². The summed E-state index contributed by atoms with van der Waals surface area (Å²) in [6.07, 6.45) is 16.0. The van der Waals surface area contributed by atoms with Crippen molar-refractivity contribution in [1.29, 1.82) is 0 Å². The van der Waals surface area contributed by atoms with Crippen LogP contribution in [0.5, 0.6) is 0 Å². The third-order valence-corrected chi connectivity index (χ3v) is 3.56. The van der Waals surface area contributed by atoms with Gasteiger partial charge in [-0.1, -0.05) is 57.8 Å². The highest BCUT2D eigenvalue weighted by molar-refractivity contribution is 4.65. The first-order chi connectivity index (χ1) is 6.93. The highest BCUT2D eigenvalue weighted by Gasteiger charge is 2.09. The molecule has 0 aromatic heterocycles. The molecule has 14 heavy (non-hydrogen) atoms. The van der Waals surface area contributed by atoms with E-state index in [1.54, 1.807) is 0 Å². The fraction of sp³-hybridized carbons (Fsp3) is 1.00. The Morgan fingerprint density at radius 2 is 1.00 bits per heavy atom. The van der Waals surface area contributed by atoms with Gasteiger partial charge in [-0.15, -0.1) is 0 Å². The molecule has 0 saturated heterocycles. The van der Waals surface area contributed by atoms with Crippen molar-refractivity contribution in [2.24, 2.45) is 11.7 Å². The Kier molecular flexibility index (Phi) is 7.12. The molecular formula is C13H27N. The van der Waals surface area contributed by atoms with E-state index in [2.05, 4.69) is 0 Å². The Balaban J connectivity index is 0.000000146. The fourth-order valence-electron chi connectivity index (χ4n) is 2.48. The molecule has 0 amide bonds. The summed E-state index contributed by atoms with van der Waals surface area (Å²) in [4.78, 5) is 0. The monoisotopic (exact) mass is 197 g/mol. The second-order valence-corrected chi connectivity index (χ2v) is 4.86. The van der Waals surface area contributed by atoms with Gasteiger partial charge in [-0.2, -0.15) is 0 Å². The van der Waals surface area contributed by atoms with Crippen molar-refractivity contribution in [3.05, 3.63) is 0 Å². The topological polar surface area (TPSA) is 26.0 Å². The summed E-state index contributed by atoms with van der Waals surface area (Å²) >= 11 is 0. The Labute approximate surface area is 89.5 Å². The second kappa shape index (κ2) is 8.28. The summed E-state index contributed by atoms with van der Waals surface area (Å²) in [5.41, 5.74) is 5.50. The minimum absolute atomic E-state index is 0.865. The maximum absolute atomic E-state index is 5.50. The Hall–Kier alpha value is -0.0400. The van der Waals surface area contributed by atoms with E-state index in [4.69, 9.17) is 5.73 Å². The van der Waals surface area contributed by atoms with Crippen LogP contribution in [0.15, 0.2) is 0 Å². The summed E-state index contributed by atoms with van der Waals surface area (Å²) in [6, 6.07) is 0. The van der Waals surface area contributed by atoms with E-state index < -0.39 is 0 Å². The van der Waals surface area contributed by atoms with E-state index in [-0.39, 0.29) is 0 Å². The van der Waals surface area contributed by atoms with Gasteiger partial charge < -0.3 is 5.73 Å². The first kappa shape index (κ1) is 12.0. The SMILES string of the molecule is C1CCCCC1.NCC1CCCCC1. The van der Waals surface area contributed by atoms with Gasteiger partial charge in [0.2, 0.25) is 0 Å². The molecule has 1 heteroatoms. The zero-order valence-electron chi connectivity index (χ0n) is 9.64. The maximum Gasteiger partial charge on any atom is -0.00489 e. The van der Waals surface area contributed by atoms with Crippen molar-refractivity contribution in [3.8, 4) is 0 Å². The molecule has 0 bridgehead atoms. The second-order valence-electron chi connectivity index (χ2n) is 4.86. The van der Waals surface area contributed by atoms with Crippen molar-refractivity contribution in [2.75, 3.05) is 6.54 Å². The summed E-state index contributed by atoms with van der Waals surface area (Å²) < 4.78 is 0. The molecule has 1 nitrogen and oxygen atoms in total. The molecule has 0 atom stereocenters. The lowest BCUT2D eigenvalue weighted by Crippen LogP contribution is -2.16. The summed E-state index contributed by atoms with van der Waals surface area (Å²) in [6.45, 7) is 0.917. The molecule has 2 aliphatic carbocycles. The Morgan fingerprint density at radius 3 is 1.29 bits per heavy atom.